The predicted molar refractivity (Wildman–Crippen MR) is 68.9 cm³/mol. The van der Waals surface area contributed by atoms with Crippen LogP contribution in [0.25, 0.3) is 0 Å². The Morgan fingerprint density at radius 1 is 1.47 bits per heavy atom. The number of aliphatic hydroxyl groups is 1. The van der Waals surface area contributed by atoms with E-state index in [2.05, 4.69) is 12.2 Å². The summed E-state index contributed by atoms with van der Waals surface area (Å²) in [6.07, 6.45) is 4.84. The highest BCUT2D eigenvalue weighted by molar-refractivity contribution is 5.74. The van der Waals surface area contributed by atoms with Gasteiger partial charge < -0.3 is 15.3 Å². The summed E-state index contributed by atoms with van der Waals surface area (Å²) in [4.78, 5) is 13.3. The molecule has 17 heavy (non-hydrogen) atoms. The lowest BCUT2D eigenvalue weighted by Crippen LogP contribution is -2.45. The van der Waals surface area contributed by atoms with Gasteiger partial charge in [-0.3, -0.25) is 0 Å². The van der Waals surface area contributed by atoms with Crippen molar-refractivity contribution in [3.8, 4) is 0 Å². The first kappa shape index (κ1) is 14.3. The zero-order chi connectivity index (χ0) is 13.1. The smallest absolute Gasteiger partial charge is 0.317 e. The molecule has 0 aromatic heterocycles. The standard InChI is InChI=1S/C13H26N2O2/c1-5-6-13(7-8-13)9-14-11(16)15(4)10-12(2,3)17/h17H,5-10H2,1-4H3,(H,14,16). The molecule has 0 heterocycles. The zero-order valence-corrected chi connectivity index (χ0v) is 11.5. The number of urea groups is 1. The van der Waals surface area contributed by atoms with Gasteiger partial charge in [0.15, 0.2) is 0 Å². The highest BCUT2D eigenvalue weighted by Crippen LogP contribution is 2.48. The number of rotatable bonds is 6. The molecule has 0 unspecified atom stereocenters. The number of carbonyl (C=O) groups excluding carboxylic acids is 1. The van der Waals surface area contributed by atoms with Gasteiger partial charge in [0.2, 0.25) is 0 Å². The second-order valence-electron chi connectivity index (χ2n) is 6.08. The van der Waals surface area contributed by atoms with Gasteiger partial charge in [-0.1, -0.05) is 13.3 Å². The van der Waals surface area contributed by atoms with Crippen molar-refractivity contribution in [2.24, 2.45) is 5.41 Å². The first-order valence-electron chi connectivity index (χ1n) is 6.49. The molecule has 4 nitrogen and oxygen atoms in total. The minimum absolute atomic E-state index is 0.0884. The first-order valence-corrected chi connectivity index (χ1v) is 6.49. The molecule has 2 N–H and O–H groups in total. The maximum Gasteiger partial charge on any atom is 0.317 e. The van der Waals surface area contributed by atoms with Crippen molar-refractivity contribution in [3.63, 3.8) is 0 Å². The van der Waals surface area contributed by atoms with Crippen LogP contribution in [-0.2, 0) is 0 Å². The van der Waals surface area contributed by atoms with Crippen LogP contribution in [0.4, 0.5) is 4.79 Å². The number of hydrogen-bond donors (Lipinski definition) is 2. The summed E-state index contributed by atoms with van der Waals surface area (Å²) in [5.41, 5.74) is -0.466. The van der Waals surface area contributed by atoms with E-state index in [1.54, 1.807) is 25.8 Å². The average molecular weight is 242 g/mol. The van der Waals surface area contributed by atoms with Crippen LogP contribution in [0.15, 0.2) is 0 Å². The van der Waals surface area contributed by atoms with Crippen molar-refractivity contribution in [1.29, 1.82) is 0 Å². The van der Waals surface area contributed by atoms with Crippen LogP contribution in [0.5, 0.6) is 0 Å². The maximum absolute atomic E-state index is 11.8. The highest BCUT2D eigenvalue weighted by Gasteiger charge is 2.41. The Balaban J connectivity index is 2.30. The van der Waals surface area contributed by atoms with Gasteiger partial charge in [-0.15, -0.1) is 0 Å². The van der Waals surface area contributed by atoms with Gasteiger partial charge in [-0.05, 0) is 38.5 Å². The van der Waals surface area contributed by atoms with Gasteiger partial charge in [-0.25, -0.2) is 4.79 Å². The van der Waals surface area contributed by atoms with E-state index in [1.807, 2.05) is 0 Å². The maximum atomic E-state index is 11.8. The third kappa shape index (κ3) is 4.94. The Hall–Kier alpha value is -0.770. The van der Waals surface area contributed by atoms with Gasteiger partial charge in [0, 0.05) is 13.6 Å². The number of amides is 2. The van der Waals surface area contributed by atoms with Crippen LogP contribution in [0.2, 0.25) is 0 Å². The molecule has 4 heteroatoms. The molecule has 1 aliphatic rings. The van der Waals surface area contributed by atoms with Gasteiger partial charge in [-0.2, -0.15) is 0 Å². The second kappa shape index (κ2) is 5.25. The van der Waals surface area contributed by atoms with E-state index < -0.39 is 5.60 Å². The van der Waals surface area contributed by atoms with E-state index >= 15 is 0 Å². The molecule has 1 aliphatic carbocycles. The van der Waals surface area contributed by atoms with Gasteiger partial charge >= 0.3 is 6.03 Å². The number of hydrogen-bond acceptors (Lipinski definition) is 2. The van der Waals surface area contributed by atoms with Crippen molar-refractivity contribution >= 4 is 6.03 Å². The summed E-state index contributed by atoms with van der Waals surface area (Å²) < 4.78 is 0. The topological polar surface area (TPSA) is 52.6 Å². The van der Waals surface area contributed by atoms with Crippen LogP contribution in [-0.4, -0.2) is 41.8 Å². The van der Waals surface area contributed by atoms with E-state index in [9.17, 15) is 9.90 Å². The van der Waals surface area contributed by atoms with E-state index in [4.69, 9.17) is 0 Å². The average Bonchev–Trinajstić information content (AvgIpc) is 2.93. The Morgan fingerprint density at radius 2 is 2.06 bits per heavy atom. The lowest BCUT2D eigenvalue weighted by Gasteiger charge is -2.26. The number of likely N-dealkylation sites (N-methyl/N-ethyl adjacent to an activating group) is 1. The Morgan fingerprint density at radius 3 is 2.47 bits per heavy atom. The Bertz CT molecular complexity index is 267. The van der Waals surface area contributed by atoms with E-state index in [1.165, 1.54) is 25.7 Å². The number of nitrogens with one attached hydrogen (secondary N) is 1. The van der Waals surface area contributed by atoms with Crippen LogP contribution in [0, 0.1) is 5.41 Å². The van der Waals surface area contributed by atoms with Crippen LogP contribution < -0.4 is 5.32 Å². The minimum Gasteiger partial charge on any atom is -0.389 e. The predicted octanol–water partition coefficient (Wildman–Crippen LogP) is 1.98. The molecule has 0 aliphatic heterocycles. The molecule has 0 atom stereocenters. The lowest BCUT2D eigenvalue weighted by atomic mass is 10.0. The molecule has 1 fully saturated rings. The highest BCUT2D eigenvalue weighted by atomic mass is 16.3. The van der Waals surface area contributed by atoms with Gasteiger partial charge in [0.05, 0.1) is 12.1 Å². The molecule has 0 radical (unpaired) electrons. The van der Waals surface area contributed by atoms with E-state index in [0.29, 0.717) is 12.0 Å². The molecule has 1 rings (SSSR count). The molecular weight excluding hydrogens is 216 g/mol. The van der Waals surface area contributed by atoms with Crippen molar-refractivity contribution in [3.05, 3.63) is 0 Å². The molecule has 100 valence electrons. The van der Waals surface area contributed by atoms with E-state index in [-0.39, 0.29) is 6.03 Å². The summed E-state index contributed by atoms with van der Waals surface area (Å²) in [5, 5.41) is 12.6. The van der Waals surface area contributed by atoms with Crippen molar-refractivity contribution in [1.82, 2.24) is 10.2 Å². The SMILES string of the molecule is CCCC1(CNC(=O)N(C)CC(C)(C)O)CC1. The summed E-state index contributed by atoms with van der Waals surface area (Å²) in [6.45, 7) is 6.71. The number of nitrogens with zero attached hydrogens (tertiary/aromatic N) is 1. The zero-order valence-electron chi connectivity index (χ0n) is 11.5. The van der Waals surface area contributed by atoms with Crippen LogP contribution >= 0.6 is 0 Å². The molecular formula is C13H26N2O2. The van der Waals surface area contributed by atoms with Crippen LogP contribution in [0.1, 0.15) is 46.5 Å². The molecule has 0 bridgehead atoms. The summed E-state index contributed by atoms with van der Waals surface area (Å²) in [5.74, 6) is 0. The largest absolute Gasteiger partial charge is 0.389 e. The molecule has 0 saturated heterocycles. The minimum atomic E-state index is -0.840. The molecule has 0 spiro atoms. The normalized spacial score (nSPS) is 17.7. The summed E-state index contributed by atoms with van der Waals surface area (Å²) in [7, 11) is 1.71. The molecule has 1 saturated carbocycles. The van der Waals surface area contributed by atoms with Gasteiger partial charge in [0.25, 0.3) is 0 Å². The Kier molecular flexibility index (Phi) is 4.42. The third-order valence-corrected chi connectivity index (χ3v) is 3.32. The quantitative estimate of drug-likeness (QED) is 0.748. The summed E-state index contributed by atoms with van der Waals surface area (Å²) >= 11 is 0. The molecule has 0 aromatic rings. The van der Waals surface area contributed by atoms with E-state index in [0.717, 1.165) is 6.54 Å². The number of carbonyl (C=O) groups is 1. The van der Waals surface area contributed by atoms with Crippen molar-refractivity contribution in [2.75, 3.05) is 20.1 Å². The summed E-state index contributed by atoms with van der Waals surface area (Å²) in [6, 6.07) is -0.0884. The molecule has 0 aromatic carbocycles. The second-order valence-corrected chi connectivity index (χ2v) is 6.08. The molecule has 2 amide bonds. The Labute approximate surface area is 104 Å². The van der Waals surface area contributed by atoms with Crippen molar-refractivity contribution in [2.45, 2.75) is 52.1 Å². The monoisotopic (exact) mass is 242 g/mol. The van der Waals surface area contributed by atoms with Gasteiger partial charge in [0.1, 0.15) is 0 Å². The first-order chi connectivity index (χ1) is 7.78. The van der Waals surface area contributed by atoms with Crippen molar-refractivity contribution < 1.29 is 9.90 Å². The third-order valence-electron chi connectivity index (χ3n) is 3.32. The fourth-order valence-corrected chi connectivity index (χ4v) is 2.27. The fourth-order valence-electron chi connectivity index (χ4n) is 2.27. The lowest BCUT2D eigenvalue weighted by molar-refractivity contribution is 0.0530. The van der Waals surface area contributed by atoms with Crippen LogP contribution in [0.3, 0.4) is 0 Å². The fraction of sp³-hybridized carbons (Fsp3) is 0.923.